The predicted octanol–water partition coefficient (Wildman–Crippen LogP) is 5.03. The van der Waals surface area contributed by atoms with Gasteiger partial charge in [-0.25, -0.2) is 0 Å². The summed E-state index contributed by atoms with van der Waals surface area (Å²) in [6, 6.07) is 14.6. The zero-order chi connectivity index (χ0) is 12.7. The summed E-state index contributed by atoms with van der Waals surface area (Å²) in [7, 11) is 0. The Morgan fingerprint density at radius 1 is 0.889 bits per heavy atom. The van der Waals surface area contributed by atoms with Gasteiger partial charge >= 0.3 is 0 Å². The second-order valence-electron chi connectivity index (χ2n) is 4.88. The van der Waals surface area contributed by atoms with Gasteiger partial charge in [-0.3, -0.25) is 0 Å². The first kappa shape index (κ1) is 11.1. The van der Waals surface area contributed by atoms with Crippen LogP contribution in [0.5, 0.6) is 0 Å². The summed E-state index contributed by atoms with van der Waals surface area (Å²) in [5.41, 5.74) is 5.89. The number of fused-ring (bicyclic) bond motifs is 1. The molecule has 0 saturated carbocycles. The highest BCUT2D eigenvalue weighted by atomic mass is 16.3. The lowest BCUT2D eigenvalue weighted by Crippen LogP contribution is -1.80. The SMILES string of the molecule is Cc1cc(C)c2c(C)c(-c3ccccc3)oc2c1. The number of aryl methyl sites for hydroxylation is 3. The van der Waals surface area contributed by atoms with E-state index < -0.39 is 0 Å². The van der Waals surface area contributed by atoms with Crippen LogP contribution in [0.4, 0.5) is 0 Å². The van der Waals surface area contributed by atoms with Gasteiger partial charge in [0.2, 0.25) is 0 Å². The Hall–Kier alpha value is -2.02. The third-order valence-corrected chi connectivity index (χ3v) is 3.41. The Morgan fingerprint density at radius 2 is 1.61 bits per heavy atom. The van der Waals surface area contributed by atoms with E-state index in [2.05, 4.69) is 45.0 Å². The largest absolute Gasteiger partial charge is 0.456 e. The third kappa shape index (κ3) is 1.63. The maximum absolute atomic E-state index is 6.05. The maximum atomic E-state index is 6.05. The zero-order valence-corrected chi connectivity index (χ0v) is 10.9. The van der Waals surface area contributed by atoms with Crippen LogP contribution in [0.25, 0.3) is 22.3 Å². The van der Waals surface area contributed by atoms with Crippen molar-refractivity contribution in [3.63, 3.8) is 0 Å². The van der Waals surface area contributed by atoms with E-state index >= 15 is 0 Å². The van der Waals surface area contributed by atoms with E-state index in [1.54, 1.807) is 0 Å². The summed E-state index contributed by atoms with van der Waals surface area (Å²) in [4.78, 5) is 0. The molecule has 0 radical (unpaired) electrons. The summed E-state index contributed by atoms with van der Waals surface area (Å²) in [6.07, 6.45) is 0. The van der Waals surface area contributed by atoms with Crippen molar-refractivity contribution in [2.45, 2.75) is 20.8 Å². The number of benzene rings is 2. The van der Waals surface area contributed by atoms with E-state index in [0.717, 1.165) is 16.9 Å². The molecular formula is C17H16O. The molecule has 1 heteroatoms. The first-order valence-electron chi connectivity index (χ1n) is 6.22. The third-order valence-electron chi connectivity index (χ3n) is 3.41. The smallest absolute Gasteiger partial charge is 0.138 e. The summed E-state index contributed by atoms with van der Waals surface area (Å²) in [5, 5.41) is 1.25. The molecule has 0 bridgehead atoms. The quantitative estimate of drug-likeness (QED) is 0.578. The van der Waals surface area contributed by atoms with E-state index in [4.69, 9.17) is 4.42 Å². The molecule has 1 heterocycles. The van der Waals surface area contributed by atoms with Crippen LogP contribution in [-0.4, -0.2) is 0 Å². The molecule has 1 aromatic heterocycles. The molecule has 1 nitrogen and oxygen atoms in total. The van der Waals surface area contributed by atoms with Crippen molar-refractivity contribution in [3.05, 3.63) is 59.2 Å². The Labute approximate surface area is 107 Å². The summed E-state index contributed by atoms with van der Waals surface area (Å²) >= 11 is 0. The standard InChI is InChI=1S/C17H16O/c1-11-9-12(2)16-13(3)17(18-15(16)10-11)14-7-5-4-6-8-14/h4-10H,1-3H3. The molecule has 0 unspecified atom stereocenters. The van der Waals surface area contributed by atoms with Crippen molar-refractivity contribution >= 4 is 11.0 Å². The van der Waals surface area contributed by atoms with Gasteiger partial charge < -0.3 is 4.42 Å². The first-order valence-corrected chi connectivity index (χ1v) is 6.22. The second-order valence-corrected chi connectivity index (χ2v) is 4.88. The summed E-state index contributed by atoms with van der Waals surface area (Å²) in [5.74, 6) is 0.985. The van der Waals surface area contributed by atoms with Gasteiger partial charge in [-0.2, -0.15) is 0 Å². The molecule has 0 N–H and O–H groups in total. The molecule has 0 saturated heterocycles. The van der Waals surface area contributed by atoms with Crippen LogP contribution >= 0.6 is 0 Å². The van der Waals surface area contributed by atoms with Crippen LogP contribution in [0.15, 0.2) is 46.9 Å². The molecule has 0 aliphatic carbocycles. The van der Waals surface area contributed by atoms with Crippen LogP contribution in [0.3, 0.4) is 0 Å². The highest BCUT2D eigenvalue weighted by Crippen LogP contribution is 2.35. The number of furan rings is 1. The van der Waals surface area contributed by atoms with Crippen molar-refractivity contribution < 1.29 is 4.42 Å². The Morgan fingerprint density at radius 3 is 2.33 bits per heavy atom. The normalized spacial score (nSPS) is 11.1. The Bertz CT molecular complexity index is 705. The van der Waals surface area contributed by atoms with E-state index in [0.29, 0.717) is 0 Å². The Kier molecular flexibility index (Phi) is 2.48. The van der Waals surface area contributed by atoms with Gasteiger partial charge in [-0.15, -0.1) is 0 Å². The van der Waals surface area contributed by atoms with Crippen LogP contribution in [-0.2, 0) is 0 Å². The molecule has 18 heavy (non-hydrogen) atoms. The van der Waals surface area contributed by atoms with E-state index in [1.807, 2.05) is 18.2 Å². The molecule has 3 rings (SSSR count). The number of hydrogen-bond acceptors (Lipinski definition) is 1. The monoisotopic (exact) mass is 236 g/mol. The molecule has 90 valence electrons. The average molecular weight is 236 g/mol. The van der Waals surface area contributed by atoms with Crippen molar-refractivity contribution in [1.82, 2.24) is 0 Å². The minimum atomic E-state index is 0.985. The minimum Gasteiger partial charge on any atom is -0.456 e. The highest BCUT2D eigenvalue weighted by Gasteiger charge is 2.13. The summed E-state index contributed by atoms with van der Waals surface area (Å²) in [6.45, 7) is 6.38. The van der Waals surface area contributed by atoms with Crippen LogP contribution < -0.4 is 0 Å². The molecule has 2 aromatic carbocycles. The molecule has 0 fully saturated rings. The predicted molar refractivity (Wildman–Crippen MR) is 75.9 cm³/mol. The molecule has 0 aliphatic rings. The maximum Gasteiger partial charge on any atom is 0.138 e. The van der Waals surface area contributed by atoms with Gasteiger partial charge in [0, 0.05) is 16.5 Å². The molecule has 0 aliphatic heterocycles. The van der Waals surface area contributed by atoms with Gasteiger partial charge in [-0.1, -0.05) is 36.4 Å². The van der Waals surface area contributed by atoms with Gasteiger partial charge in [0.05, 0.1) is 0 Å². The average Bonchev–Trinajstić information content (AvgIpc) is 2.67. The molecule has 0 amide bonds. The Balaban J connectivity index is 2.33. The fourth-order valence-corrected chi connectivity index (χ4v) is 2.65. The van der Waals surface area contributed by atoms with Gasteiger partial charge in [-0.05, 0) is 38.0 Å². The fourth-order valence-electron chi connectivity index (χ4n) is 2.65. The van der Waals surface area contributed by atoms with Crippen LogP contribution in [0, 0.1) is 20.8 Å². The lowest BCUT2D eigenvalue weighted by atomic mass is 10.0. The van der Waals surface area contributed by atoms with Crippen molar-refractivity contribution in [3.8, 4) is 11.3 Å². The first-order chi connectivity index (χ1) is 8.66. The fraction of sp³-hybridized carbons (Fsp3) is 0.176. The lowest BCUT2D eigenvalue weighted by molar-refractivity contribution is 0.629. The number of rotatable bonds is 1. The molecule has 0 atom stereocenters. The van der Waals surface area contributed by atoms with Crippen LogP contribution in [0.1, 0.15) is 16.7 Å². The lowest BCUT2D eigenvalue weighted by Gasteiger charge is -1.99. The van der Waals surface area contributed by atoms with Gasteiger partial charge in [0.25, 0.3) is 0 Å². The molecule has 0 spiro atoms. The van der Waals surface area contributed by atoms with Gasteiger partial charge in [0.15, 0.2) is 0 Å². The minimum absolute atomic E-state index is 0.985. The highest BCUT2D eigenvalue weighted by molar-refractivity contribution is 5.90. The van der Waals surface area contributed by atoms with E-state index in [1.165, 1.54) is 22.1 Å². The van der Waals surface area contributed by atoms with Crippen molar-refractivity contribution in [2.24, 2.45) is 0 Å². The van der Waals surface area contributed by atoms with Crippen molar-refractivity contribution in [2.75, 3.05) is 0 Å². The van der Waals surface area contributed by atoms with Gasteiger partial charge in [0.1, 0.15) is 11.3 Å². The zero-order valence-electron chi connectivity index (χ0n) is 10.9. The van der Waals surface area contributed by atoms with Crippen LogP contribution in [0.2, 0.25) is 0 Å². The van der Waals surface area contributed by atoms with E-state index in [-0.39, 0.29) is 0 Å². The van der Waals surface area contributed by atoms with E-state index in [9.17, 15) is 0 Å². The molecular weight excluding hydrogens is 220 g/mol. The summed E-state index contributed by atoms with van der Waals surface area (Å²) < 4.78 is 6.05. The second kappa shape index (κ2) is 4.02. The van der Waals surface area contributed by atoms with Crippen molar-refractivity contribution in [1.29, 1.82) is 0 Å². The molecule has 3 aromatic rings. The topological polar surface area (TPSA) is 13.1 Å². The number of hydrogen-bond donors (Lipinski definition) is 0.